The maximum absolute atomic E-state index is 11.9. The maximum atomic E-state index is 11.9. The molecule has 2 aromatic rings. The zero-order chi connectivity index (χ0) is 12.3. The molecule has 0 aliphatic rings. The van der Waals surface area contributed by atoms with E-state index in [2.05, 4.69) is 10.1 Å². The van der Waals surface area contributed by atoms with Gasteiger partial charge in [-0.05, 0) is 23.6 Å². The molecule has 2 rings (SSSR count). The number of benzene rings is 1. The van der Waals surface area contributed by atoms with Crippen LogP contribution in [0.2, 0.25) is 0 Å². The van der Waals surface area contributed by atoms with E-state index in [1.165, 1.54) is 7.11 Å². The molecule has 0 saturated carbocycles. The average molecular weight is 249 g/mol. The van der Waals surface area contributed by atoms with Gasteiger partial charge in [-0.2, -0.15) is 0 Å². The molecule has 1 heterocycles. The minimum Gasteiger partial charge on any atom is -0.468 e. The van der Waals surface area contributed by atoms with Crippen LogP contribution in [0.1, 0.15) is 10.4 Å². The molecule has 0 unspecified atom stereocenters. The van der Waals surface area contributed by atoms with Crippen molar-refractivity contribution in [3.05, 3.63) is 35.2 Å². The van der Waals surface area contributed by atoms with E-state index in [9.17, 15) is 9.59 Å². The third kappa shape index (κ3) is 2.45. The Hall–Kier alpha value is -1.88. The Bertz CT molecular complexity index is 562. The van der Waals surface area contributed by atoms with Crippen LogP contribution in [0.4, 0.5) is 0 Å². The first-order valence-electron chi connectivity index (χ1n) is 5.03. The van der Waals surface area contributed by atoms with Crippen molar-refractivity contribution in [2.45, 2.75) is 0 Å². The Balaban J connectivity index is 2.19. The Kier molecular flexibility index (Phi) is 3.39. The molecule has 0 atom stereocenters. The Morgan fingerprint density at radius 3 is 2.94 bits per heavy atom. The number of methoxy groups -OCH3 is 1. The fourth-order valence-corrected chi connectivity index (χ4v) is 2.32. The van der Waals surface area contributed by atoms with Crippen LogP contribution >= 0.6 is 11.3 Å². The number of hydrogen-bond acceptors (Lipinski definition) is 4. The fraction of sp³-hybridized carbons (Fsp3) is 0.167. The summed E-state index contributed by atoms with van der Waals surface area (Å²) in [5.74, 6) is -0.727. The number of carbonyl (C=O) groups excluding carboxylic acids is 2. The third-order valence-corrected chi connectivity index (χ3v) is 3.24. The molecule has 1 aromatic heterocycles. The second-order valence-electron chi connectivity index (χ2n) is 3.40. The van der Waals surface area contributed by atoms with Crippen molar-refractivity contribution in [3.8, 4) is 0 Å². The quantitative estimate of drug-likeness (QED) is 0.844. The molecule has 0 spiro atoms. The Morgan fingerprint density at radius 1 is 1.35 bits per heavy atom. The van der Waals surface area contributed by atoms with Crippen LogP contribution in [0.3, 0.4) is 0 Å². The molecule has 0 bridgehead atoms. The highest BCUT2D eigenvalue weighted by Crippen LogP contribution is 2.23. The summed E-state index contributed by atoms with van der Waals surface area (Å²) in [5, 5.41) is 5.36. The first-order valence-corrected chi connectivity index (χ1v) is 5.91. The summed E-state index contributed by atoms with van der Waals surface area (Å²) in [6.07, 6.45) is 0. The van der Waals surface area contributed by atoms with E-state index in [4.69, 9.17) is 0 Å². The zero-order valence-electron chi connectivity index (χ0n) is 9.23. The van der Waals surface area contributed by atoms with Gasteiger partial charge in [0.2, 0.25) is 0 Å². The van der Waals surface area contributed by atoms with Crippen LogP contribution in [-0.4, -0.2) is 25.5 Å². The van der Waals surface area contributed by atoms with Gasteiger partial charge in [0.25, 0.3) is 5.91 Å². The number of carbonyl (C=O) groups is 2. The molecule has 17 heavy (non-hydrogen) atoms. The van der Waals surface area contributed by atoms with E-state index in [-0.39, 0.29) is 12.5 Å². The third-order valence-electron chi connectivity index (χ3n) is 2.36. The molecule has 1 aromatic carbocycles. The molecule has 0 aliphatic carbocycles. The second kappa shape index (κ2) is 4.97. The van der Waals surface area contributed by atoms with Crippen molar-refractivity contribution >= 4 is 33.3 Å². The minimum absolute atomic E-state index is 0.115. The summed E-state index contributed by atoms with van der Waals surface area (Å²) in [4.78, 5) is 22.8. The lowest BCUT2D eigenvalue weighted by Crippen LogP contribution is -2.30. The van der Waals surface area contributed by atoms with E-state index in [0.717, 1.165) is 10.1 Å². The number of amides is 1. The van der Waals surface area contributed by atoms with Crippen LogP contribution in [0.5, 0.6) is 0 Å². The van der Waals surface area contributed by atoms with Gasteiger partial charge in [-0.3, -0.25) is 9.59 Å². The molecule has 1 amide bonds. The van der Waals surface area contributed by atoms with Crippen molar-refractivity contribution in [2.24, 2.45) is 0 Å². The molecule has 4 nitrogen and oxygen atoms in total. The first kappa shape index (κ1) is 11.6. The molecular formula is C12H11NO3S. The Morgan fingerprint density at radius 2 is 2.18 bits per heavy atom. The normalized spacial score (nSPS) is 10.2. The van der Waals surface area contributed by atoms with Crippen molar-refractivity contribution in [2.75, 3.05) is 13.7 Å². The van der Waals surface area contributed by atoms with E-state index in [0.29, 0.717) is 5.56 Å². The van der Waals surface area contributed by atoms with Crippen molar-refractivity contribution < 1.29 is 14.3 Å². The minimum atomic E-state index is -0.462. The van der Waals surface area contributed by atoms with Gasteiger partial charge >= 0.3 is 5.97 Å². The molecule has 5 heteroatoms. The number of ether oxygens (including phenoxy) is 1. The lowest BCUT2D eigenvalue weighted by molar-refractivity contribution is -0.139. The van der Waals surface area contributed by atoms with E-state index >= 15 is 0 Å². The van der Waals surface area contributed by atoms with Crippen LogP contribution in [0.15, 0.2) is 29.6 Å². The first-order chi connectivity index (χ1) is 8.22. The van der Waals surface area contributed by atoms with Crippen LogP contribution in [0, 0.1) is 0 Å². The highest BCUT2D eigenvalue weighted by molar-refractivity contribution is 7.17. The number of fused-ring (bicyclic) bond motifs is 1. The van der Waals surface area contributed by atoms with Crippen molar-refractivity contribution in [3.63, 3.8) is 0 Å². The summed E-state index contributed by atoms with van der Waals surface area (Å²) in [5.41, 5.74) is 0.577. The van der Waals surface area contributed by atoms with Gasteiger partial charge < -0.3 is 10.1 Å². The van der Waals surface area contributed by atoms with Gasteiger partial charge in [-0.25, -0.2) is 0 Å². The van der Waals surface area contributed by atoms with Gasteiger partial charge in [-0.15, -0.1) is 11.3 Å². The van der Waals surface area contributed by atoms with Crippen LogP contribution < -0.4 is 5.32 Å². The molecule has 0 aliphatic heterocycles. The van der Waals surface area contributed by atoms with Gasteiger partial charge in [0.1, 0.15) is 6.54 Å². The highest BCUT2D eigenvalue weighted by Gasteiger charge is 2.11. The highest BCUT2D eigenvalue weighted by atomic mass is 32.1. The number of nitrogens with one attached hydrogen (secondary N) is 1. The predicted octanol–water partition coefficient (Wildman–Crippen LogP) is 1.80. The molecule has 0 fully saturated rings. The second-order valence-corrected chi connectivity index (χ2v) is 4.34. The predicted molar refractivity (Wildman–Crippen MR) is 66.2 cm³/mol. The van der Waals surface area contributed by atoms with E-state index < -0.39 is 5.97 Å². The molecule has 0 saturated heterocycles. The van der Waals surface area contributed by atoms with Crippen LogP contribution in [-0.2, 0) is 9.53 Å². The maximum Gasteiger partial charge on any atom is 0.325 e. The number of rotatable bonds is 3. The summed E-state index contributed by atoms with van der Waals surface area (Å²) < 4.78 is 5.51. The number of esters is 1. The van der Waals surface area contributed by atoms with Gasteiger partial charge in [0.15, 0.2) is 0 Å². The lowest BCUT2D eigenvalue weighted by Gasteiger charge is -2.04. The molecule has 1 N–H and O–H groups in total. The monoisotopic (exact) mass is 249 g/mol. The lowest BCUT2D eigenvalue weighted by atomic mass is 10.1. The molecule has 88 valence electrons. The van der Waals surface area contributed by atoms with E-state index in [1.807, 2.05) is 23.6 Å². The average Bonchev–Trinajstić information content (AvgIpc) is 2.83. The Labute approximate surface area is 102 Å². The van der Waals surface area contributed by atoms with E-state index in [1.54, 1.807) is 17.4 Å². The van der Waals surface area contributed by atoms with Crippen molar-refractivity contribution in [1.82, 2.24) is 5.32 Å². The topological polar surface area (TPSA) is 55.4 Å². The number of thiophene rings is 1. The summed E-state index contributed by atoms with van der Waals surface area (Å²) >= 11 is 1.58. The summed E-state index contributed by atoms with van der Waals surface area (Å²) in [7, 11) is 1.29. The number of hydrogen-bond donors (Lipinski definition) is 1. The molecule has 0 radical (unpaired) electrons. The van der Waals surface area contributed by atoms with Crippen LogP contribution in [0.25, 0.3) is 10.1 Å². The van der Waals surface area contributed by atoms with Gasteiger partial charge in [0.05, 0.1) is 7.11 Å². The van der Waals surface area contributed by atoms with Gasteiger partial charge in [-0.1, -0.05) is 6.07 Å². The standard InChI is InChI=1S/C12H11NO3S/c1-16-11(14)7-13-12(15)9-3-2-4-10-8(9)5-6-17-10/h2-6H,7H2,1H3,(H,13,15). The van der Waals surface area contributed by atoms with Gasteiger partial charge in [0, 0.05) is 15.6 Å². The summed E-state index contributed by atoms with van der Waals surface area (Å²) in [6.45, 7) is -0.115. The van der Waals surface area contributed by atoms with Crippen molar-refractivity contribution in [1.29, 1.82) is 0 Å². The largest absolute Gasteiger partial charge is 0.468 e. The zero-order valence-corrected chi connectivity index (χ0v) is 10.0. The molecular weight excluding hydrogens is 238 g/mol. The smallest absolute Gasteiger partial charge is 0.325 e. The summed E-state index contributed by atoms with van der Waals surface area (Å²) in [6, 6.07) is 7.41. The fourth-order valence-electron chi connectivity index (χ4n) is 1.51. The SMILES string of the molecule is COC(=O)CNC(=O)c1cccc2sccc12.